The van der Waals surface area contributed by atoms with Crippen LogP contribution in [0.15, 0.2) is 29.2 Å². The van der Waals surface area contributed by atoms with E-state index < -0.39 is 29.9 Å². The largest absolute Gasteiger partial charge is 0.462 e. The van der Waals surface area contributed by atoms with E-state index in [0.717, 1.165) is 27.1 Å². The van der Waals surface area contributed by atoms with Crippen molar-refractivity contribution in [1.29, 1.82) is 0 Å². The van der Waals surface area contributed by atoms with Crippen LogP contribution in [0.1, 0.15) is 56.3 Å². The van der Waals surface area contributed by atoms with E-state index in [-0.39, 0.29) is 28.7 Å². The van der Waals surface area contributed by atoms with Gasteiger partial charge in [0.1, 0.15) is 21.9 Å². The van der Waals surface area contributed by atoms with E-state index in [9.17, 15) is 19.2 Å². The van der Waals surface area contributed by atoms with Gasteiger partial charge in [-0.3, -0.25) is 9.59 Å². The zero-order chi connectivity index (χ0) is 28.4. The number of rotatable bonds is 8. The number of benzene rings is 1. The van der Waals surface area contributed by atoms with Crippen molar-refractivity contribution in [2.75, 3.05) is 18.5 Å². The lowest BCUT2D eigenvalue weighted by Gasteiger charge is -2.10. The zero-order valence-electron chi connectivity index (χ0n) is 22.6. The number of aromatic nitrogens is 4. The summed E-state index contributed by atoms with van der Waals surface area (Å²) in [6, 6.07) is 5.76. The van der Waals surface area contributed by atoms with Crippen molar-refractivity contribution in [2.45, 2.75) is 48.1 Å². The predicted octanol–water partition coefficient (Wildman–Crippen LogP) is 3.87. The molecule has 0 saturated carbocycles. The first-order valence-corrected chi connectivity index (χ1v) is 13.2. The van der Waals surface area contributed by atoms with Gasteiger partial charge in [0.05, 0.1) is 36.4 Å². The molecule has 0 radical (unpaired) electrons. The number of carbonyl (C=O) groups excluding carboxylic acids is 3. The Morgan fingerprint density at radius 2 is 1.69 bits per heavy atom. The third-order valence-electron chi connectivity index (χ3n) is 6.24. The van der Waals surface area contributed by atoms with Crippen molar-refractivity contribution in [2.24, 2.45) is 0 Å². The summed E-state index contributed by atoms with van der Waals surface area (Å²) in [5.74, 6) is -1.89. The molecular formula is C27H29N5O6S. The number of esters is 2. The number of hydrogen-bond acceptors (Lipinski definition) is 9. The van der Waals surface area contributed by atoms with Crippen LogP contribution >= 0.6 is 11.3 Å². The molecular weight excluding hydrogens is 522 g/mol. The van der Waals surface area contributed by atoms with Crippen LogP contribution < -0.4 is 10.9 Å². The fraction of sp³-hybridized carbons (Fsp3) is 0.333. The van der Waals surface area contributed by atoms with Crippen molar-refractivity contribution in [1.82, 2.24) is 19.6 Å². The summed E-state index contributed by atoms with van der Waals surface area (Å²) in [7, 11) is 0. The summed E-state index contributed by atoms with van der Waals surface area (Å²) in [5.41, 5.74) is 3.61. The highest BCUT2D eigenvalue weighted by Crippen LogP contribution is 2.34. The number of aryl methyl sites for hydroxylation is 3. The van der Waals surface area contributed by atoms with Crippen LogP contribution in [0.4, 0.5) is 5.00 Å². The lowest BCUT2D eigenvalue weighted by atomic mass is 10.1. The molecule has 0 fully saturated rings. The standard InChI is InChI=1S/C27H29N5O6S/c1-7-37-26(35)21-16(5)23(27(36)38-8-2)39-24(21)29-20(33)13-31-25(34)22-19(17(6)30-31)12-28-32(22)18-10-9-14(3)15(4)11-18/h9-12H,7-8,13H2,1-6H3,(H,29,33). The number of anilines is 1. The van der Waals surface area contributed by atoms with Gasteiger partial charge in [0.25, 0.3) is 5.56 Å². The van der Waals surface area contributed by atoms with Crippen molar-refractivity contribution in [3.63, 3.8) is 0 Å². The van der Waals surface area contributed by atoms with Crippen LogP contribution in [0.2, 0.25) is 0 Å². The lowest BCUT2D eigenvalue weighted by Crippen LogP contribution is -2.31. The van der Waals surface area contributed by atoms with E-state index in [4.69, 9.17) is 9.47 Å². The van der Waals surface area contributed by atoms with E-state index in [2.05, 4.69) is 15.5 Å². The minimum atomic E-state index is -0.679. The highest BCUT2D eigenvalue weighted by Gasteiger charge is 2.27. The van der Waals surface area contributed by atoms with Gasteiger partial charge in [0, 0.05) is 5.39 Å². The number of hydrogen-bond donors (Lipinski definition) is 1. The molecule has 39 heavy (non-hydrogen) atoms. The van der Waals surface area contributed by atoms with Gasteiger partial charge in [-0.1, -0.05) is 6.07 Å². The molecule has 11 nitrogen and oxygen atoms in total. The number of amides is 1. The number of carbonyl (C=O) groups is 3. The maximum Gasteiger partial charge on any atom is 0.348 e. The number of ether oxygens (including phenoxy) is 2. The Balaban J connectivity index is 1.70. The van der Waals surface area contributed by atoms with Gasteiger partial charge >= 0.3 is 11.9 Å². The Kier molecular flexibility index (Phi) is 7.95. The smallest absolute Gasteiger partial charge is 0.348 e. The highest BCUT2D eigenvalue weighted by molar-refractivity contribution is 7.18. The monoisotopic (exact) mass is 551 g/mol. The van der Waals surface area contributed by atoms with Gasteiger partial charge in [0.2, 0.25) is 5.91 Å². The first kappa shape index (κ1) is 27.7. The fourth-order valence-electron chi connectivity index (χ4n) is 4.13. The number of nitrogens with one attached hydrogen (secondary N) is 1. The number of nitrogens with zero attached hydrogens (tertiary/aromatic N) is 4. The van der Waals surface area contributed by atoms with Crippen LogP contribution in [0.5, 0.6) is 0 Å². The highest BCUT2D eigenvalue weighted by atomic mass is 32.1. The second-order valence-corrected chi connectivity index (χ2v) is 9.91. The van der Waals surface area contributed by atoms with Gasteiger partial charge in [0.15, 0.2) is 0 Å². The Hall–Kier alpha value is -4.32. The summed E-state index contributed by atoms with van der Waals surface area (Å²) >= 11 is 0.911. The molecule has 0 aliphatic heterocycles. The average Bonchev–Trinajstić information content (AvgIpc) is 3.46. The summed E-state index contributed by atoms with van der Waals surface area (Å²) in [5, 5.41) is 12.1. The average molecular weight is 552 g/mol. The maximum absolute atomic E-state index is 13.5. The summed E-state index contributed by atoms with van der Waals surface area (Å²) in [4.78, 5) is 51.8. The van der Waals surface area contributed by atoms with Crippen LogP contribution in [-0.2, 0) is 20.8 Å². The Morgan fingerprint density at radius 3 is 2.36 bits per heavy atom. The van der Waals surface area contributed by atoms with Gasteiger partial charge in [-0.2, -0.15) is 10.2 Å². The molecule has 4 rings (SSSR count). The van der Waals surface area contributed by atoms with Crippen LogP contribution in [0.25, 0.3) is 16.6 Å². The Morgan fingerprint density at radius 1 is 1.00 bits per heavy atom. The molecule has 0 aliphatic carbocycles. The fourth-order valence-corrected chi connectivity index (χ4v) is 5.23. The van der Waals surface area contributed by atoms with Crippen molar-refractivity contribution >= 4 is 45.1 Å². The quantitative estimate of drug-likeness (QED) is 0.326. The van der Waals surface area contributed by atoms with E-state index in [1.807, 2.05) is 32.0 Å². The van der Waals surface area contributed by atoms with Gasteiger partial charge in [-0.15, -0.1) is 11.3 Å². The summed E-state index contributed by atoms with van der Waals surface area (Å²) in [6.07, 6.45) is 1.58. The third-order valence-corrected chi connectivity index (χ3v) is 7.42. The molecule has 0 unspecified atom stereocenters. The number of thiophene rings is 1. The molecule has 1 aromatic carbocycles. The van der Waals surface area contributed by atoms with Crippen LogP contribution in [0, 0.1) is 27.7 Å². The predicted molar refractivity (Wildman–Crippen MR) is 147 cm³/mol. The molecule has 0 atom stereocenters. The van der Waals surface area contributed by atoms with Crippen molar-refractivity contribution < 1.29 is 23.9 Å². The first-order chi connectivity index (χ1) is 18.6. The maximum atomic E-state index is 13.5. The minimum Gasteiger partial charge on any atom is -0.462 e. The summed E-state index contributed by atoms with van der Waals surface area (Å²) < 4.78 is 12.8. The molecule has 0 aliphatic rings. The Labute approximate surface area is 228 Å². The molecule has 0 saturated heterocycles. The molecule has 3 aromatic heterocycles. The Bertz CT molecular complexity index is 1670. The third kappa shape index (κ3) is 5.32. The second-order valence-electron chi connectivity index (χ2n) is 8.88. The first-order valence-electron chi connectivity index (χ1n) is 12.4. The topological polar surface area (TPSA) is 134 Å². The molecule has 4 aromatic rings. The molecule has 0 spiro atoms. The minimum absolute atomic E-state index is 0.0676. The van der Waals surface area contributed by atoms with Crippen molar-refractivity contribution in [3.05, 3.63) is 67.6 Å². The molecule has 3 heterocycles. The summed E-state index contributed by atoms with van der Waals surface area (Å²) in [6.45, 7) is 10.5. The SMILES string of the molecule is CCOC(=O)c1sc(NC(=O)Cn2nc(C)c3cnn(-c4ccc(C)c(C)c4)c3c2=O)c(C(=O)OCC)c1C. The zero-order valence-corrected chi connectivity index (χ0v) is 23.4. The van der Waals surface area contributed by atoms with E-state index >= 15 is 0 Å². The molecule has 204 valence electrons. The van der Waals surface area contributed by atoms with E-state index in [0.29, 0.717) is 27.8 Å². The molecule has 12 heteroatoms. The van der Waals surface area contributed by atoms with Crippen molar-refractivity contribution in [3.8, 4) is 5.69 Å². The van der Waals surface area contributed by atoms with E-state index in [1.165, 1.54) is 0 Å². The molecule has 0 bridgehead atoms. The van der Waals surface area contributed by atoms with Gasteiger partial charge in [-0.05, 0) is 70.4 Å². The van der Waals surface area contributed by atoms with E-state index in [1.54, 1.807) is 38.6 Å². The van der Waals surface area contributed by atoms with Gasteiger partial charge < -0.3 is 14.8 Å². The van der Waals surface area contributed by atoms with Crippen LogP contribution in [-0.4, -0.2) is 50.6 Å². The number of fused-ring (bicyclic) bond motifs is 1. The lowest BCUT2D eigenvalue weighted by molar-refractivity contribution is -0.117. The normalized spacial score (nSPS) is 11.0. The molecule has 1 N–H and O–H groups in total. The molecule has 1 amide bonds. The van der Waals surface area contributed by atoms with Crippen LogP contribution in [0.3, 0.4) is 0 Å². The second kappa shape index (κ2) is 11.2. The van der Waals surface area contributed by atoms with Gasteiger partial charge in [-0.25, -0.2) is 19.0 Å².